The lowest BCUT2D eigenvalue weighted by molar-refractivity contribution is -0.151. The van der Waals surface area contributed by atoms with Gasteiger partial charge in [0.15, 0.2) is 0 Å². The molecule has 1 saturated heterocycles. The molecule has 2 rings (SSSR count). The van der Waals surface area contributed by atoms with Gasteiger partial charge in [-0.2, -0.15) is 0 Å². The molecular formula is C19H26ClNO3. The molecule has 1 aromatic carbocycles. The van der Waals surface area contributed by atoms with Crippen LogP contribution in [0.4, 0.5) is 0 Å². The highest BCUT2D eigenvalue weighted by Gasteiger charge is 2.50. The minimum absolute atomic E-state index is 0.00579. The van der Waals surface area contributed by atoms with Crippen LogP contribution in [-0.2, 0) is 16.0 Å². The maximum atomic E-state index is 13.0. The summed E-state index contributed by atoms with van der Waals surface area (Å²) in [6, 6.07) is 7.52. The molecule has 1 amide bonds. The van der Waals surface area contributed by atoms with Gasteiger partial charge in [-0.25, -0.2) is 0 Å². The summed E-state index contributed by atoms with van der Waals surface area (Å²) in [6.07, 6.45) is 1.09. The molecule has 4 nitrogen and oxygen atoms in total. The number of hydrogen-bond donors (Lipinski definition) is 1. The second kappa shape index (κ2) is 6.75. The van der Waals surface area contributed by atoms with Crippen LogP contribution < -0.4 is 0 Å². The van der Waals surface area contributed by atoms with E-state index in [0.29, 0.717) is 24.4 Å². The van der Waals surface area contributed by atoms with E-state index in [1.165, 1.54) is 0 Å². The molecule has 24 heavy (non-hydrogen) atoms. The first-order valence-corrected chi connectivity index (χ1v) is 8.73. The van der Waals surface area contributed by atoms with E-state index in [4.69, 9.17) is 11.6 Å². The molecule has 1 aromatic rings. The number of carbonyl (C=O) groups is 2. The van der Waals surface area contributed by atoms with E-state index < -0.39 is 16.8 Å². The zero-order chi connectivity index (χ0) is 18.1. The van der Waals surface area contributed by atoms with Gasteiger partial charge < -0.3 is 10.0 Å². The number of rotatable bonds is 5. The minimum atomic E-state index is -0.832. The predicted molar refractivity (Wildman–Crippen MR) is 95.0 cm³/mol. The first-order valence-electron chi connectivity index (χ1n) is 8.36. The largest absolute Gasteiger partial charge is 0.481 e. The standard InChI is InChI=1S/C19H26ClNO3/c1-13(2)19(17(23)24)8-9-21(12-19)16(22)18(3,4)11-14-6-5-7-15(20)10-14/h5-7,10,13H,8-9,11-12H2,1-4H3,(H,23,24). The highest BCUT2D eigenvalue weighted by Crippen LogP contribution is 2.40. The summed E-state index contributed by atoms with van der Waals surface area (Å²) in [6.45, 7) is 8.44. The molecular weight excluding hydrogens is 326 g/mol. The van der Waals surface area contributed by atoms with E-state index >= 15 is 0 Å². The van der Waals surface area contributed by atoms with Gasteiger partial charge in [0.25, 0.3) is 0 Å². The normalized spacial score (nSPS) is 21.3. The SMILES string of the molecule is CC(C)C1(C(=O)O)CCN(C(=O)C(C)(C)Cc2cccc(Cl)c2)C1. The monoisotopic (exact) mass is 351 g/mol. The first kappa shape index (κ1) is 18.8. The third kappa shape index (κ3) is 3.59. The lowest BCUT2D eigenvalue weighted by atomic mass is 9.76. The zero-order valence-electron chi connectivity index (χ0n) is 14.8. The Morgan fingerprint density at radius 2 is 2.04 bits per heavy atom. The molecule has 1 aliphatic heterocycles. The highest BCUT2D eigenvalue weighted by atomic mass is 35.5. The molecule has 5 heteroatoms. The number of amides is 1. The van der Waals surface area contributed by atoms with E-state index in [1.807, 2.05) is 52.0 Å². The van der Waals surface area contributed by atoms with Crippen molar-refractivity contribution in [1.82, 2.24) is 4.90 Å². The van der Waals surface area contributed by atoms with Crippen molar-refractivity contribution in [3.05, 3.63) is 34.9 Å². The number of carboxylic acids is 1. The number of nitrogens with zero attached hydrogens (tertiary/aromatic N) is 1. The van der Waals surface area contributed by atoms with Crippen molar-refractivity contribution in [3.63, 3.8) is 0 Å². The van der Waals surface area contributed by atoms with Crippen LogP contribution in [0.2, 0.25) is 5.02 Å². The summed E-state index contributed by atoms with van der Waals surface area (Å²) >= 11 is 6.03. The van der Waals surface area contributed by atoms with Crippen LogP contribution in [-0.4, -0.2) is 35.0 Å². The molecule has 0 bridgehead atoms. The number of carboxylic acid groups (broad SMARTS) is 1. The van der Waals surface area contributed by atoms with Crippen molar-refractivity contribution in [2.24, 2.45) is 16.7 Å². The summed E-state index contributed by atoms with van der Waals surface area (Å²) < 4.78 is 0. The number of halogens is 1. The molecule has 1 N–H and O–H groups in total. The Labute approximate surface area is 148 Å². The van der Waals surface area contributed by atoms with Gasteiger partial charge in [-0.15, -0.1) is 0 Å². The van der Waals surface area contributed by atoms with Gasteiger partial charge in [-0.1, -0.05) is 51.4 Å². The summed E-state index contributed by atoms with van der Waals surface area (Å²) in [5.41, 5.74) is -0.425. The summed E-state index contributed by atoms with van der Waals surface area (Å²) in [5.74, 6) is -0.810. The van der Waals surface area contributed by atoms with Gasteiger partial charge in [0, 0.05) is 23.5 Å². The predicted octanol–water partition coefficient (Wildman–Crippen LogP) is 3.87. The van der Waals surface area contributed by atoms with E-state index in [-0.39, 0.29) is 18.4 Å². The fourth-order valence-electron chi connectivity index (χ4n) is 3.56. The van der Waals surface area contributed by atoms with Crippen molar-refractivity contribution in [1.29, 1.82) is 0 Å². The van der Waals surface area contributed by atoms with Crippen LogP contribution in [0.15, 0.2) is 24.3 Å². The fourth-order valence-corrected chi connectivity index (χ4v) is 3.77. The maximum absolute atomic E-state index is 13.0. The summed E-state index contributed by atoms with van der Waals surface area (Å²) in [4.78, 5) is 26.5. The second-order valence-electron chi connectivity index (χ2n) is 7.78. The molecule has 0 spiro atoms. The van der Waals surface area contributed by atoms with Crippen LogP contribution >= 0.6 is 11.6 Å². The second-order valence-corrected chi connectivity index (χ2v) is 8.22. The van der Waals surface area contributed by atoms with Crippen molar-refractivity contribution >= 4 is 23.5 Å². The number of likely N-dealkylation sites (tertiary alicyclic amines) is 1. The van der Waals surface area contributed by atoms with Crippen molar-refractivity contribution in [2.75, 3.05) is 13.1 Å². The minimum Gasteiger partial charge on any atom is -0.481 e. The topological polar surface area (TPSA) is 57.6 Å². The molecule has 1 atom stereocenters. The molecule has 1 unspecified atom stereocenters. The molecule has 0 saturated carbocycles. The average Bonchev–Trinajstić information content (AvgIpc) is 2.92. The average molecular weight is 352 g/mol. The Kier molecular flexibility index (Phi) is 5.28. The van der Waals surface area contributed by atoms with Gasteiger partial charge in [-0.05, 0) is 36.5 Å². The molecule has 132 valence electrons. The van der Waals surface area contributed by atoms with E-state index in [9.17, 15) is 14.7 Å². The van der Waals surface area contributed by atoms with Crippen LogP contribution in [0.3, 0.4) is 0 Å². The summed E-state index contributed by atoms with van der Waals surface area (Å²) in [5, 5.41) is 10.3. The summed E-state index contributed by atoms with van der Waals surface area (Å²) in [7, 11) is 0. The van der Waals surface area contributed by atoms with E-state index in [1.54, 1.807) is 4.90 Å². The van der Waals surface area contributed by atoms with Crippen molar-refractivity contribution in [3.8, 4) is 0 Å². The Morgan fingerprint density at radius 1 is 1.38 bits per heavy atom. The van der Waals surface area contributed by atoms with Crippen LogP contribution in [0.25, 0.3) is 0 Å². The smallest absolute Gasteiger partial charge is 0.311 e. The van der Waals surface area contributed by atoms with Crippen molar-refractivity contribution in [2.45, 2.75) is 40.5 Å². The zero-order valence-corrected chi connectivity index (χ0v) is 15.6. The lowest BCUT2D eigenvalue weighted by Crippen LogP contribution is -2.44. The lowest BCUT2D eigenvalue weighted by Gasteiger charge is -2.32. The molecule has 1 heterocycles. The first-order chi connectivity index (χ1) is 11.1. The number of benzene rings is 1. The number of hydrogen-bond acceptors (Lipinski definition) is 2. The van der Waals surface area contributed by atoms with E-state index in [2.05, 4.69) is 0 Å². The Hall–Kier alpha value is -1.55. The fraction of sp³-hybridized carbons (Fsp3) is 0.579. The number of aliphatic carboxylic acids is 1. The van der Waals surface area contributed by atoms with Crippen LogP contribution in [0.1, 0.15) is 39.7 Å². The van der Waals surface area contributed by atoms with Crippen molar-refractivity contribution < 1.29 is 14.7 Å². The van der Waals surface area contributed by atoms with Gasteiger partial charge in [-0.3, -0.25) is 9.59 Å². The Bertz CT molecular complexity index is 641. The molecule has 0 radical (unpaired) electrons. The van der Waals surface area contributed by atoms with Gasteiger partial charge in [0.2, 0.25) is 5.91 Å². The Balaban J connectivity index is 2.15. The van der Waals surface area contributed by atoms with Crippen LogP contribution in [0, 0.1) is 16.7 Å². The molecule has 1 aliphatic rings. The molecule has 0 aliphatic carbocycles. The van der Waals surface area contributed by atoms with E-state index in [0.717, 1.165) is 5.56 Å². The third-order valence-corrected chi connectivity index (χ3v) is 5.47. The van der Waals surface area contributed by atoms with Gasteiger partial charge in [0.1, 0.15) is 0 Å². The Morgan fingerprint density at radius 3 is 2.54 bits per heavy atom. The number of carbonyl (C=O) groups excluding carboxylic acids is 1. The van der Waals surface area contributed by atoms with Crippen LogP contribution in [0.5, 0.6) is 0 Å². The maximum Gasteiger partial charge on any atom is 0.311 e. The van der Waals surface area contributed by atoms with Gasteiger partial charge in [0.05, 0.1) is 5.41 Å². The quantitative estimate of drug-likeness (QED) is 0.876. The molecule has 0 aromatic heterocycles. The highest BCUT2D eigenvalue weighted by molar-refractivity contribution is 6.30. The van der Waals surface area contributed by atoms with Gasteiger partial charge >= 0.3 is 5.97 Å². The third-order valence-electron chi connectivity index (χ3n) is 5.23. The molecule has 1 fully saturated rings.